The van der Waals surface area contributed by atoms with Gasteiger partial charge in [0.1, 0.15) is 0 Å². The summed E-state index contributed by atoms with van der Waals surface area (Å²) >= 11 is 0. The van der Waals surface area contributed by atoms with Crippen molar-refractivity contribution in [2.45, 2.75) is 162 Å². The maximum absolute atomic E-state index is 7.07. The van der Waals surface area contributed by atoms with Gasteiger partial charge in [0.15, 0.2) is 0 Å². The SMILES string of the molecule is CCCCCN(CCCC)CCC[C@@H](C)[C@H]1CC[C@H]2C3[C@H](OCCCN)CC4C[C@H](OCCCN)CC[C@]4(C)[C@H]3C[C@H](OCCCN)[C@]12C. The maximum Gasteiger partial charge on any atom is 0.0637 e. The van der Waals surface area contributed by atoms with Crippen LogP contribution in [-0.4, -0.2) is 82.3 Å². The molecule has 7 heteroatoms. The van der Waals surface area contributed by atoms with Crippen molar-refractivity contribution >= 4 is 0 Å². The highest BCUT2D eigenvalue weighted by molar-refractivity contribution is 5.15. The summed E-state index contributed by atoms with van der Waals surface area (Å²) in [5, 5.41) is 0. The fourth-order valence-corrected chi connectivity index (χ4v) is 11.7. The highest BCUT2D eigenvalue weighted by Gasteiger charge is 2.66. The van der Waals surface area contributed by atoms with E-state index in [2.05, 4.69) is 39.5 Å². The summed E-state index contributed by atoms with van der Waals surface area (Å²) in [6.45, 7) is 20.8. The molecule has 0 radical (unpaired) electrons. The maximum atomic E-state index is 7.07. The Morgan fingerprint density at radius 3 is 2.04 bits per heavy atom. The van der Waals surface area contributed by atoms with Gasteiger partial charge < -0.3 is 36.3 Å². The van der Waals surface area contributed by atoms with Gasteiger partial charge in [-0.25, -0.2) is 0 Å². The Balaban J connectivity index is 1.54. The molecule has 7 nitrogen and oxygen atoms in total. The molecule has 4 rings (SSSR count). The average Bonchev–Trinajstić information content (AvgIpc) is 3.45. The van der Waals surface area contributed by atoms with Crippen LogP contribution in [0.25, 0.3) is 0 Å². The molecule has 6 N–H and O–H groups in total. The van der Waals surface area contributed by atoms with Crippen LogP contribution in [-0.2, 0) is 14.2 Å². The molecule has 0 aliphatic heterocycles. The second-order valence-electron chi connectivity index (χ2n) is 17.5. The molecule has 0 aromatic carbocycles. The summed E-state index contributed by atoms with van der Waals surface area (Å²) in [5.74, 6) is 3.92. The first-order valence-electron chi connectivity index (χ1n) is 21.5. The van der Waals surface area contributed by atoms with Crippen LogP contribution in [0.2, 0.25) is 0 Å². The van der Waals surface area contributed by atoms with Crippen molar-refractivity contribution in [3.05, 3.63) is 0 Å². The van der Waals surface area contributed by atoms with Gasteiger partial charge in [-0.15, -0.1) is 0 Å². The lowest BCUT2D eigenvalue weighted by atomic mass is 9.43. The van der Waals surface area contributed by atoms with Gasteiger partial charge in [-0.2, -0.15) is 0 Å². The Hall–Kier alpha value is -0.280. The second-order valence-corrected chi connectivity index (χ2v) is 17.5. The fourth-order valence-electron chi connectivity index (χ4n) is 11.7. The number of unbranched alkanes of at least 4 members (excludes halogenated alkanes) is 3. The third-order valence-electron chi connectivity index (χ3n) is 14.5. The quantitative estimate of drug-likeness (QED) is 0.0888. The molecule has 4 aliphatic rings. The van der Waals surface area contributed by atoms with Crippen LogP contribution < -0.4 is 17.2 Å². The summed E-state index contributed by atoms with van der Waals surface area (Å²) in [7, 11) is 0. The van der Waals surface area contributed by atoms with Crippen LogP contribution in [0.1, 0.15) is 144 Å². The first-order valence-corrected chi connectivity index (χ1v) is 21.5. The lowest BCUT2D eigenvalue weighted by Gasteiger charge is -2.65. The minimum Gasteiger partial charge on any atom is -0.378 e. The Kier molecular flexibility index (Phi) is 17.6. The number of hydrogen-bond acceptors (Lipinski definition) is 7. The zero-order valence-electron chi connectivity index (χ0n) is 33.0. The number of nitrogens with zero attached hydrogens (tertiary/aromatic N) is 1. The lowest BCUT2D eigenvalue weighted by molar-refractivity contribution is -0.227. The van der Waals surface area contributed by atoms with Crippen molar-refractivity contribution in [3.8, 4) is 0 Å². The summed E-state index contributed by atoms with van der Waals surface area (Å²) in [6, 6.07) is 0. The molecule has 288 valence electrons. The van der Waals surface area contributed by atoms with E-state index in [1.807, 2.05) is 0 Å². The molecule has 4 fully saturated rings. The number of nitrogens with two attached hydrogens (primary N) is 3. The van der Waals surface area contributed by atoms with Crippen molar-refractivity contribution in [1.29, 1.82) is 0 Å². The summed E-state index contributed by atoms with van der Waals surface area (Å²) in [4.78, 5) is 2.77. The molecule has 11 atom stereocenters. The lowest BCUT2D eigenvalue weighted by Crippen LogP contribution is -2.63. The van der Waals surface area contributed by atoms with Crippen molar-refractivity contribution in [1.82, 2.24) is 4.90 Å². The molecular formula is C42H82N4O3. The van der Waals surface area contributed by atoms with E-state index in [0.717, 1.165) is 45.5 Å². The molecule has 0 bridgehead atoms. The van der Waals surface area contributed by atoms with Crippen LogP contribution in [0.5, 0.6) is 0 Å². The molecule has 4 aliphatic carbocycles. The summed E-state index contributed by atoms with van der Waals surface area (Å²) < 4.78 is 20.5. The standard InChI is InChI=1S/C42H82N4O3/c1-6-8-10-24-46(23-9-7-2)25-11-15-32(3)35-16-17-36-40-37(31-39(42(35,36)5)49-28-14-22-45)41(4)19-18-34(47-26-12-20-43)29-33(41)30-38(40)48-27-13-21-44/h32-40H,6-31,43-45H2,1-5H3/t32-,33?,34-,35-,36+,37+,38-,39+,40?,41+,42-/m1/s1. The topological polar surface area (TPSA) is 109 Å². The van der Waals surface area contributed by atoms with Crippen molar-refractivity contribution in [2.75, 3.05) is 59.1 Å². The Morgan fingerprint density at radius 1 is 0.694 bits per heavy atom. The molecule has 2 unspecified atom stereocenters. The van der Waals surface area contributed by atoms with Gasteiger partial charge in [0.2, 0.25) is 0 Å². The highest BCUT2D eigenvalue weighted by Crippen LogP contribution is 2.69. The fraction of sp³-hybridized carbons (Fsp3) is 1.00. The molecule has 0 aromatic heterocycles. The zero-order valence-corrected chi connectivity index (χ0v) is 33.0. The van der Waals surface area contributed by atoms with E-state index in [1.54, 1.807) is 0 Å². The van der Waals surface area contributed by atoms with Crippen molar-refractivity contribution < 1.29 is 14.2 Å². The largest absolute Gasteiger partial charge is 0.378 e. The van der Waals surface area contributed by atoms with Crippen molar-refractivity contribution in [3.63, 3.8) is 0 Å². The second kappa shape index (κ2) is 20.8. The summed E-state index contributed by atoms with van der Waals surface area (Å²) in [5.41, 5.74) is 18.3. The molecule has 0 heterocycles. The predicted molar refractivity (Wildman–Crippen MR) is 205 cm³/mol. The summed E-state index contributed by atoms with van der Waals surface area (Å²) in [6.07, 6.45) is 21.7. The molecule has 0 saturated heterocycles. The van der Waals surface area contributed by atoms with Gasteiger partial charge in [0, 0.05) is 25.2 Å². The van der Waals surface area contributed by atoms with E-state index in [9.17, 15) is 0 Å². The van der Waals surface area contributed by atoms with E-state index in [-0.39, 0.29) is 5.41 Å². The first-order chi connectivity index (χ1) is 23.8. The van der Waals surface area contributed by atoms with E-state index < -0.39 is 0 Å². The number of hydrogen-bond donors (Lipinski definition) is 3. The van der Waals surface area contributed by atoms with Gasteiger partial charge in [-0.05, 0) is 170 Å². The first kappa shape index (κ1) is 41.5. The smallest absolute Gasteiger partial charge is 0.0637 e. The zero-order chi connectivity index (χ0) is 35.3. The van der Waals surface area contributed by atoms with Gasteiger partial charge in [0.25, 0.3) is 0 Å². The minimum absolute atomic E-state index is 0.180. The highest BCUT2D eigenvalue weighted by atomic mass is 16.5. The van der Waals surface area contributed by atoms with E-state index in [1.165, 1.54) is 103 Å². The van der Waals surface area contributed by atoms with E-state index >= 15 is 0 Å². The monoisotopic (exact) mass is 691 g/mol. The third-order valence-corrected chi connectivity index (χ3v) is 14.5. The third kappa shape index (κ3) is 10.2. The predicted octanol–water partition coefficient (Wildman–Crippen LogP) is 7.78. The van der Waals surface area contributed by atoms with E-state index in [4.69, 9.17) is 31.4 Å². The normalized spacial score (nSPS) is 36.4. The molecule has 4 saturated carbocycles. The van der Waals surface area contributed by atoms with E-state index in [0.29, 0.717) is 78.9 Å². The molecule has 0 spiro atoms. The van der Waals surface area contributed by atoms with Crippen LogP contribution in [0, 0.1) is 46.3 Å². The molecule has 0 amide bonds. The van der Waals surface area contributed by atoms with Crippen LogP contribution >= 0.6 is 0 Å². The minimum atomic E-state index is 0.180. The molecular weight excluding hydrogens is 608 g/mol. The van der Waals surface area contributed by atoms with Gasteiger partial charge in [-0.1, -0.05) is 53.9 Å². The van der Waals surface area contributed by atoms with Gasteiger partial charge in [0.05, 0.1) is 18.3 Å². The van der Waals surface area contributed by atoms with Crippen LogP contribution in [0.4, 0.5) is 0 Å². The van der Waals surface area contributed by atoms with Crippen molar-refractivity contribution in [2.24, 2.45) is 63.5 Å². The number of rotatable bonds is 24. The molecule has 0 aromatic rings. The Morgan fingerprint density at radius 2 is 1.35 bits per heavy atom. The Bertz CT molecular complexity index is 909. The number of fused-ring (bicyclic) bond motifs is 5. The Labute approximate surface area is 303 Å². The average molecular weight is 691 g/mol. The van der Waals surface area contributed by atoms with Crippen LogP contribution in [0.3, 0.4) is 0 Å². The molecule has 49 heavy (non-hydrogen) atoms. The number of ether oxygens (including phenoxy) is 3. The van der Waals surface area contributed by atoms with Gasteiger partial charge in [-0.3, -0.25) is 0 Å². The van der Waals surface area contributed by atoms with Crippen LogP contribution in [0.15, 0.2) is 0 Å². The van der Waals surface area contributed by atoms with Gasteiger partial charge >= 0.3 is 0 Å².